The van der Waals surface area contributed by atoms with Crippen LogP contribution >= 0.6 is 0 Å². The summed E-state index contributed by atoms with van der Waals surface area (Å²) in [5, 5.41) is 0. The van der Waals surface area contributed by atoms with E-state index in [0.717, 1.165) is 5.56 Å². The van der Waals surface area contributed by atoms with Gasteiger partial charge in [-0.05, 0) is 73.2 Å². The molecule has 2 unspecified atom stereocenters. The number of carbonyl (C=O) groups is 3. The number of carbonyl (C=O) groups excluding carboxylic acids is 3. The van der Waals surface area contributed by atoms with Crippen LogP contribution in [0.15, 0.2) is 72.8 Å². The summed E-state index contributed by atoms with van der Waals surface area (Å²) >= 11 is 0. The van der Waals surface area contributed by atoms with Crippen molar-refractivity contribution < 1.29 is 33.3 Å². The Bertz CT molecular complexity index is 1200. The van der Waals surface area contributed by atoms with Crippen LogP contribution in [-0.2, 0) is 14.3 Å². The molecule has 0 bridgehead atoms. The van der Waals surface area contributed by atoms with Gasteiger partial charge in [0.15, 0.2) is 0 Å². The Balaban J connectivity index is 1.64. The zero-order valence-electron chi connectivity index (χ0n) is 19.6. The van der Waals surface area contributed by atoms with Gasteiger partial charge in [0, 0.05) is 5.69 Å². The van der Waals surface area contributed by atoms with Gasteiger partial charge in [0.25, 0.3) is 5.91 Å². The average Bonchev–Trinajstić information content (AvgIpc) is 2.90. The van der Waals surface area contributed by atoms with Crippen LogP contribution in [0.3, 0.4) is 0 Å². The van der Waals surface area contributed by atoms with Gasteiger partial charge in [-0.3, -0.25) is 9.69 Å². The maximum atomic E-state index is 13.2. The molecule has 1 heterocycles. The maximum absolute atomic E-state index is 13.2. The van der Waals surface area contributed by atoms with Crippen molar-refractivity contribution in [2.45, 2.75) is 19.1 Å². The second-order valence-electron chi connectivity index (χ2n) is 7.75. The van der Waals surface area contributed by atoms with E-state index in [4.69, 9.17) is 18.9 Å². The lowest BCUT2D eigenvalue weighted by Crippen LogP contribution is -2.61. The zero-order valence-corrected chi connectivity index (χ0v) is 19.6. The predicted octanol–water partition coefficient (Wildman–Crippen LogP) is 4.19. The van der Waals surface area contributed by atoms with E-state index in [1.54, 1.807) is 91.7 Å². The van der Waals surface area contributed by atoms with Crippen molar-refractivity contribution in [3.05, 3.63) is 89.5 Å². The second-order valence-corrected chi connectivity index (χ2v) is 7.75. The Morgan fingerprint density at radius 1 is 0.800 bits per heavy atom. The summed E-state index contributed by atoms with van der Waals surface area (Å²) < 4.78 is 21.1. The quantitative estimate of drug-likeness (QED) is 0.356. The minimum absolute atomic E-state index is 0.230. The van der Waals surface area contributed by atoms with E-state index in [1.807, 2.05) is 0 Å². The molecule has 35 heavy (non-hydrogen) atoms. The third-order valence-electron chi connectivity index (χ3n) is 5.70. The predicted molar refractivity (Wildman–Crippen MR) is 128 cm³/mol. The first kappa shape index (κ1) is 23.8. The first-order chi connectivity index (χ1) is 17.0. The molecule has 1 aliphatic heterocycles. The van der Waals surface area contributed by atoms with E-state index in [9.17, 15) is 14.4 Å². The molecule has 1 aliphatic rings. The summed E-state index contributed by atoms with van der Waals surface area (Å²) in [6.45, 7) is 2.02. The zero-order chi connectivity index (χ0) is 24.9. The van der Waals surface area contributed by atoms with E-state index in [-0.39, 0.29) is 12.5 Å². The van der Waals surface area contributed by atoms with Crippen LogP contribution in [-0.4, -0.2) is 44.8 Å². The van der Waals surface area contributed by atoms with E-state index >= 15 is 0 Å². The van der Waals surface area contributed by atoms with Crippen molar-refractivity contribution in [2.24, 2.45) is 0 Å². The van der Waals surface area contributed by atoms with Crippen molar-refractivity contribution in [1.29, 1.82) is 0 Å². The molecule has 3 aromatic rings. The molecule has 0 spiro atoms. The van der Waals surface area contributed by atoms with Crippen LogP contribution in [0.4, 0.5) is 5.69 Å². The normalized spacial score (nSPS) is 16.8. The first-order valence-corrected chi connectivity index (χ1v) is 11.1. The van der Waals surface area contributed by atoms with Crippen molar-refractivity contribution in [3.63, 3.8) is 0 Å². The van der Waals surface area contributed by atoms with E-state index < -0.39 is 24.1 Å². The molecule has 1 fully saturated rings. The Kier molecular flexibility index (Phi) is 7.01. The fourth-order valence-corrected chi connectivity index (χ4v) is 3.90. The average molecular weight is 475 g/mol. The number of β-lactam (4-membered cyclic amide) rings is 1. The van der Waals surface area contributed by atoms with Gasteiger partial charge in [0.2, 0.25) is 6.10 Å². The summed E-state index contributed by atoms with van der Waals surface area (Å²) in [6, 6.07) is 20.0. The lowest BCUT2D eigenvalue weighted by molar-refractivity contribution is -0.135. The number of ether oxygens (including phenoxy) is 4. The van der Waals surface area contributed by atoms with Gasteiger partial charge in [-0.1, -0.05) is 12.1 Å². The van der Waals surface area contributed by atoms with Crippen LogP contribution < -0.4 is 14.4 Å². The minimum Gasteiger partial charge on any atom is -0.497 e. The standard InChI is InChI=1S/C27H25NO7/c1-4-34-27(31)19-9-11-20(12-10-19)28-23(17-5-7-18(8-6-17)26(30)33-3)24(25(28)29)35-22-15-13-21(32-2)14-16-22/h5-16,23-24H,4H2,1-3H3. The van der Waals surface area contributed by atoms with Crippen LogP contribution in [0.25, 0.3) is 0 Å². The van der Waals surface area contributed by atoms with E-state index in [0.29, 0.717) is 28.3 Å². The summed E-state index contributed by atoms with van der Waals surface area (Å²) in [6.07, 6.45) is -0.780. The maximum Gasteiger partial charge on any atom is 0.338 e. The molecule has 0 N–H and O–H groups in total. The van der Waals surface area contributed by atoms with E-state index in [1.165, 1.54) is 7.11 Å². The number of benzene rings is 3. The highest BCUT2D eigenvalue weighted by Crippen LogP contribution is 2.41. The fraction of sp³-hybridized carbons (Fsp3) is 0.222. The van der Waals surface area contributed by atoms with Gasteiger partial charge >= 0.3 is 11.9 Å². The largest absolute Gasteiger partial charge is 0.497 e. The molecule has 1 saturated heterocycles. The second kappa shape index (κ2) is 10.3. The van der Waals surface area contributed by atoms with Gasteiger partial charge in [-0.15, -0.1) is 0 Å². The number of nitrogens with zero attached hydrogens (tertiary/aromatic N) is 1. The number of amides is 1. The number of rotatable bonds is 8. The van der Waals surface area contributed by atoms with Crippen molar-refractivity contribution in [2.75, 3.05) is 25.7 Å². The molecule has 1 amide bonds. The summed E-state index contributed by atoms with van der Waals surface area (Å²) in [4.78, 5) is 38.7. The smallest absolute Gasteiger partial charge is 0.338 e. The topological polar surface area (TPSA) is 91.4 Å². The third-order valence-corrected chi connectivity index (χ3v) is 5.70. The highest BCUT2D eigenvalue weighted by molar-refractivity contribution is 6.05. The highest BCUT2D eigenvalue weighted by atomic mass is 16.5. The molecule has 0 aromatic heterocycles. The molecule has 3 aromatic carbocycles. The van der Waals surface area contributed by atoms with Crippen LogP contribution in [0.5, 0.6) is 11.5 Å². The Hall–Kier alpha value is -4.33. The Morgan fingerprint density at radius 3 is 1.94 bits per heavy atom. The fourth-order valence-electron chi connectivity index (χ4n) is 3.90. The number of esters is 2. The summed E-state index contributed by atoms with van der Waals surface area (Å²) in [5.74, 6) is 0.100. The number of methoxy groups -OCH3 is 2. The first-order valence-electron chi connectivity index (χ1n) is 11.1. The SMILES string of the molecule is CCOC(=O)c1ccc(N2C(=O)C(Oc3ccc(OC)cc3)C2c2ccc(C(=O)OC)cc2)cc1. The van der Waals surface area contributed by atoms with Gasteiger partial charge in [0.05, 0.1) is 32.0 Å². The van der Waals surface area contributed by atoms with Gasteiger partial charge < -0.3 is 18.9 Å². The molecular formula is C27H25NO7. The molecule has 2 atom stereocenters. The number of anilines is 1. The van der Waals surface area contributed by atoms with Crippen LogP contribution in [0, 0.1) is 0 Å². The third kappa shape index (κ3) is 4.82. The molecular weight excluding hydrogens is 450 g/mol. The Labute approximate surface area is 203 Å². The highest BCUT2D eigenvalue weighted by Gasteiger charge is 2.51. The molecule has 4 rings (SSSR count). The molecule has 0 aliphatic carbocycles. The summed E-state index contributed by atoms with van der Waals surface area (Å²) in [7, 11) is 2.89. The van der Waals surface area contributed by atoms with Crippen molar-refractivity contribution >= 4 is 23.5 Å². The monoisotopic (exact) mass is 475 g/mol. The van der Waals surface area contributed by atoms with Crippen molar-refractivity contribution in [3.8, 4) is 11.5 Å². The van der Waals surface area contributed by atoms with Gasteiger partial charge in [-0.2, -0.15) is 0 Å². The van der Waals surface area contributed by atoms with Crippen LogP contribution in [0.2, 0.25) is 0 Å². The number of hydrogen-bond acceptors (Lipinski definition) is 7. The summed E-state index contributed by atoms with van der Waals surface area (Å²) in [5.41, 5.74) is 2.19. The van der Waals surface area contributed by atoms with Crippen LogP contribution in [0.1, 0.15) is 39.2 Å². The lowest BCUT2D eigenvalue weighted by Gasteiger charge is -2.46. The minimum atomic E-state index is -0.780. The lowest BCUT2D eigenvalue weighted by atomic mass is 9.89. The molecule has 8 heteroatoms. The van der Waals surface area contributed by atoms with Gasteiger partial charge in [-0.25, -0.2) is 9.59 Å². The Morgan fingerprint density at radius 2 is 1.37 bits per heavy atom. The van der Waals surface area contributed by atoms with E-state index in [2.05, 4.69) is 0 Å². The molecule has 0 saturated carbocycles. The number of hydrogen-bond donors (Lipinski definition) is 0. The van der Waals surface area contributed by atoms with Crippen molar-refractivity contribution in [1.82, 2.24) is 0 Å². The molecule has 8 nitrogen and oxygen atoms in total. The molecule has 0 radical (unpaired) electrons. The molecule has 180 valence electrons. The van der Waals surface area contributed by atoms with Gasteiger partial charge in [0.1, 0.15) is 17.5 Å².